The van der Waals surface area contributed by atoms with Gasteiger partial charge in [0, 0.05) is 11.3 Å². The van der Waals surface area contributed by atoms with Crippen molar-refractivity contribution < 1.29 is 4.79 Å². The van der Waals surface area contributed by atoms with Gasteiger partial charge in [0.05, 0.1) is 10.9 Å². The number of amides is 1. The quantitative estimate of drug-likeness (QED) is 0.395. The lowest BCUT2D eigenvalue weighted by Gasteiger charge is -2.19. The molecule has 0 aliphatic rings. The molecular formula is C26H28N4O2S. The number of anilines is 1. The van der Waals surface area contributed by atoms with Gasteiger partial charge in [-0.1, -0.05) is 68.9 Å². The number of thioether (sulfide) groups is 1. The summed E-state index contributed by atoms with van der Waals surface area (Å²) in [5, 5.41) is 12.3. The van der Waals surface area contributed by atoms with Crippen LogP contribution in [-0.4, -0.2) is 21.1 Å². The van der Waals surface area contributed by atoms with E-state index in [2.05, 4.69) is 36.1 Å². The lowest BCUT2D eigenvalue weighted by molar-refractivity contribution is -0.115. The van der Waals surface area contributed by atoms with E-state index in [9.17, 15) is 14.9 Å². The Bertz CT molecular complexity index is 1280. The van der Waals surface area contributed by atoms with Crippen molar-refractivity contribution in [2.45, 2.75) is 57.4 Å². The number of carbonyl (C=O) groups is 1. The van der Waals surface area contributed by atoms with E-state index < -0.39 is 10.8 Å². The standard InChI is InChI=1S/C26H28N4O2S/c1-15-8-7-9-21(16(15)2)28-23(31)17(3)33-25-29-22(20(14-27)24(32)30-25)18-10-12-19(13-11-18)26(4,5)6/h7-13,17H,1-6H3,(H,28,31)(H,29,30,32)/t17-/m1/s1. The van der Waals surface area contributed by atoms with Gasteiger partial charge in [-0.3, -0.25) is 9.59 Å². The minimum atomic E-state index is -0.521. The van der Waals surface area contributed by atoms with E-state index in [-0.39, 0.29) is 22.0 Å². The number of aryl methyl sites for hydroxylation is 1. The van der Waals surface area contributed by atoms with Crippen molar-refractivity contribution in [3.05, 3.63) is 75.1 Å². The van der Waals surface area contributed by atoms with Crippen LogP contribution in [0.2, 0.25) is 0 Å². The second-order valence-corrected chi connectivity index (χ2v) is 10.4. The predicted molar refractivity (Wildman–Crippen MR) is 134 cm³/mol. The van der Waals surface area contributed by atoms with Crippen molar-refractivity contribution in [3.8, 4) is 17.3 Å². The monoisotopic (exact) mass is 460 g/mol. The Kier molecular flexibility index (Phi) is 7.09. The molecular weight excluding hydrogens is 432 g/mol. The molecule has 1 heterocycles. The molecule has 6 nitrogen and oxygen atoms in total. The van der Waals surface area contributed by atoms with Gasteiger partial charge in [0.2, 0.25) is 5.91 Å². The van der Waals surface area contributed by atoms with Crippen LogP contribution in [0.4, 0.5) is 5.69 Å². The largest absolute Gasteiger partial charge is 0.325 e. The highest BCUT2D eigenvalue weighted by atomic mass is 32.2. The van der Waals surface area contributed by atoms with Crippen LogP contribution >= 0.6 is 11.8 Å². The average Bonchev–Trinajstić information content (AvgIpc) is 2.76. The Labute approximate surface area is 198 Å². The highest BCUT2D eigenvalue weighted by molar-refractivity contribution is 8.00. The van der Waals surface area contributed by atoms with Gasteiger partial charge in [-0.2, -0.15) is 5.26 Å². The second-order valence-electron chi connectivity index (χ2n) is 9.03. The summed E-state index contributed by atoms with van der Waals surface area (Å²) >= 11 is 1.14. The normalized spacial score (nSPS) is 12.2. The third-order valence-electron chi connectivity index (χ3n) is 5.55. The third-order valence-corrected chi connectivity index (χ3v) is 6.54. The van der Waals surface area contributed by atoms with Crippen molar-refractivity contribution in [3.63, 3.8) is 0 Å². The van der Waals surface area contributed by atoms with Crippen LogP contribution < -0.4 is 10.9 Å². The average molecular weight is 461 g/mol. The minimum Gasteiger partial charge on any atom is -0.325 e. The van der Waals surface area contributed by atoms with E-state index in [0.29, 0.717) is 11.3 Å². The number of nitrogens with one attached hydrogen (secondary N) is 2. The molecule has 7 heteroatoms. The third kappa shape index (κ3) is 5.52. The first kappa shape index (κ1) is 24.3. The van der Waals surface area contributed by atoms with Gasteiger partial charge < -0.3 is 10.3 Å². The number of nitriles is 1. The zero-order valence-electron chi connectivity index (χ0n) is 19.7. The minimum absolute atomic E-state index is 0.0162. The molecule has 3 aromatic rings. The Morgan fingerprint density at radius 2 is 1.82 bits per heavy atom. The molecule has 170 valence electrons. The molecule has 1 atom stereocenters. The van der Waals surface area contributed by atoms with E-state index in [4.69, 9.17) is 0 Å². The fourth-order valence-electron chi connectivity index (χ4n) is 3.29. The zero-order valence-corrected chi connectivity index (χ0v) is 20.6. The molecule has 2 aromatic carbocycles. The van der Waals surface area contributed by atoms with E-state index in [1.807, 2.05) is 62.4 Å². The van der Waals surface area contributed by atoms with Gasteiger partial charge >= 0.3 is 0 Å². The Morgan fingerprint density at radius 1 is 1.15 bits per heavy atom. The van der Waals surface area contributed by atoms with Crippen molar-refractivity contribution in [2.24, 2.45) is 0 Å². The van der Waals surface area contributed by atoms with Gasteiger partial charge in [0.1, 0.15) is 11.6 Å². The summed E-state index contributed by atoms with van der Waals surface area (Å²) in [6.07, 6.45) is 0. The molecule has 0 aliphatic carbocycles. The Hall–Kier alpha value is -3.37. The summed E-state index contributed by atoms with van der Waals surface area (Å²) in [6, 6.07) is 15.4. The van der Waals surface area contributed by atoms with Crippen LogP contribution in [0.5, 0.6) is 0 Å². The number of H-pyrrole nitrogens is 1. The summed E-state index contributed by atoms with van der Waals surface area (Å²) in [5.74, 6) is -0.197. The van der Waals surface area contributed by atoms with Gasteiger partial charge in [0.15, 0.2) is 5.16 Å². The van der Waals surface area contributed by atoms with Crippen LogP contribution in [0.15, 0.2) is 52.4 Å². The summed E-state index contributed by atoms with van der Waals surface area (Å²) in [7, 11) is 0. The molecule has 0 aliphatic heterocycles. The van der Waals surface area contributed by atoms with Gasteiger partial charge in [-0.05, 0) is 48.9 Å². The first-order chi connectivity index (χ1) is 15.5. The lowest BCUT2D eigenvalue weighted by Crippen LogP contribution is -2.24. The van der Waals surface area contributed by atoms with E-state index >= 15 is 0 Å². The highest BCUT2D eigenvalue weighted by Gasteiger charge is 2.20. The van der Waals surface area contributed by atoms with Crippen LogP contribution in [0.25, 0.3) is 11.3 Å². The molecule has 0 fully saturated rings. The molecule has 0 radical (unpaired) electrons. The topological polar surface area (TPSA) is 98.6 Å². The maximum Gasteiger partial charge on any atom is 0.270 e. The van der Waals surface area contributed by atoms with Crippen molar-refractivity contribution >= 4 is 23.4 Å². The Morgan fingerprint density at radius 3 is 2.42 bits per heavy atom. The maximum atomic E-state index is 12.8. The maximum absolute atomic E-state index is 12.8. The summed E-state index contributed by atoms with van der Waals surface area (Å²) in [6.45, 7) is 12.1. The number of aromatic amines is 1. The molecule has 1 amide bonds. The molecule has 0 saturated heterocycles. The van der Waals surface area contributed by atoms with Crippen LogP contribution in [-0.2, 0) is 10.2 Å². The van der Waals surface area contributed by atoms with Gasteiger partial charge in [0.25, 0.3) is 5.56 Å². The number of hydrogen-bond donors (Lipinski definition) is 2. The van der Waals surface area contributed by atoms with Crippen LogP contribution in [0.1, 0.15) is 49.9 Å². The molecule has 1 aromatic heterocycles. The second kappa shape index (κ2) is 9.63. The van der Waals surface area contributed by atoms with Gasteiger partial charge in [-0.25, -0.2) is 4.98 Å². The number of aromatic nitrogens is 2. The first-order valence-corrected chi connectivity index (χ1v) is 11.6. The van der Waals surface area contributed by atoms with Crippen LogP contribution in [0, 0.1) is 25.2 Å². The molecule has 0 unspecified atom stereocenters. The van der Waals surface area contributed by atoms with Crippen molar-refractivity contribution in [1.29, 1.82) is 5.26 Å². The van der Waals surface area contributed by atoms with Crippen LogP contribution in [0.3, 0.4) is 0 Å². The number of carbonyl (C=O) groups excluding carboxylic acids is 1. The van der Waals surface area contributed by atoms with E-state index in [1.54, 1.807) is 6.92 Å². The van der Waals surface area contributed by atoms with E-state index in [1.165, 1.54) is 0 Å². The fraction of sp³-hybridized carbons (Fsp3) is 0.308. The fourth-order valence-corrected chi connectivity index (χ4v) is 4.09. The summed E-state index contributed by atoms with van der Waals surface area (Å²) in [5.41, 5.74) is 4.41. The highest BCUT2D eigenvalue weighted by Crippen LogP contribution is 2.28. The zero-order chi connectivity index (χ0) is 24.3. The molecule has 0 spiro atoms. The lowest BCUT2D eigenvalue weighted by atomic mass is 9.86. The first-order valence-electron chi connectivity index (χ1n) is 10.7. The number of nitrogens with zero attached hydrogens (tertiary/aromatic N) is 2. The SMILES string of the molecule is Cc1cccc(NC(=O)[C@@H](C)Sc2nc(-c3ccc(C(C)(C)C)cc3)c(C#N)c(=O)[nH]2)c1C. The Balaban J connectivity index is 1.88. The molecule has 0 saturated carbocycles. The summed E-state index contributed by atoms with van der Waals surface area (Å²) in [4.78, 5) is 32.5. The molecule has 2 N–H and O–H groups in total. The molecule has 33 heavy (non-hydrogen) atoms. The molecule has 3 rings (SSSR count). The predicted octanol–water partition coefficient (Wildman–Crippen LogP) is 5.34. The number of rotatable bonds is 5. The molecule has 0 bridgehead atoms. The number of hydrogen-bond acceptors (Lipinski definition) is 5. The smallest absolute Gasteiger partial charge is 0.270 e. The van der Waals surface area contributed by atoms with Crippen molar-refractivity contribution in [2.75, 3.05) is 5.32 Å². The summed E-state index contributed by atoms with van der Waals surface area (Å²) < 4.78 is 0. The number of benzene rings is 2. The van der Waals surface area contributed by atoms with Gasteiger partial charge in [-0.15, -0.1) is 0 Å². The van der Waals surface area contributed by atoms with Crippen molar-refractivity contribution in [1.82, 2.24) is 9.97 Å². The van der Waals surface area contributed by atoms with E-state index in [0.717, 1.165) is 34.1 Å².